The predicted molar refractivity (Wildman–Crippen MR) is 106 cm³/mol. The maximum absolute atomic E-state index is 11.5. The second-order valence-electron chi connectivity index (χ2n) is 6.67. The standard InChI is InChI=1S/C21H34O2S/c1-3-5-12-18(11-4-2)13-9-10-16-24-17-20(21(22)23)19-14-7-6-8-15-19/h6-8,14-15,18,20H,3-5,9-13,16-17H2,1-2H3,(H,22,23). The molecule has 0 aromatic heterocycles. The summed E-state index contributed by atoms with van der Waals surface area (Å²) in [5.41, 5.74) is 0.917. The topological polar surface area (TPSA) is 37.3 Å². The zero-order valence-corrected chi connectivity index (χ0v) is 16.2. The third-order valence-electron chi connectivity index (χ3n) is 4.60. The van der Waals surface area contributed by atoms with Crippen LogP contribution in [0.5, 0.6) is 0 Å². The molecule has 0 aliphatic heterocycles. The van der Waals surface area contributed by atoms with E-state index in [0.29, 0.717) is 5.75 Å². The van der Waals surface area contributed by atoms with Crippen molar-refractivity contribution in [1.29, 1.82) is 0 Å². The molecule has 0 saturated heterocycles. The molecule has 1 N–H and O–H groups in total. The van der Waals surface area contributed by atoms with Crippen LogP contribution in [0.1, 0.15) is 76.7 Å². The summed E-state index contributed by atoms with van der Waals surface area (Å²) in [6.45, 7) is 4.55. The second-order valence-corrected chi connectivity index (χ2v) is 7.82. The molecule has 3 heteroatoms. The van der Waals surface area contributed by atoms with Gasteiger partial charge >= 0.3 is 5.97 Å². The highest BCUT2D eigenvalue weighted by Gasteiger charge is 2.19. The maximum atomic E-state index is 11.5. The summed E-state index contributed by atoms with van der Waals surface area (Å²) in [6.07, 6.45) is 10.5. The lowest BCUT2D eigenvalue weighted by Gasteiger charge is -2.16. The Morgan fingerprint density at radius 3 is 2.33 bits per heavy atom. The van der Waals surface area contributed by atoms with Crippen LogP contribution in [0.15, 0.2) is 30.3 Å². The Labute approximate surface area is 152 Å². The van der Waals surface area contributed by atoms with Crippen LogP contribution in [0.25, 0.3) is 0 Å². The number of hydrogen-bond acceptors (Lipinski definition) is 2. The Morgan fingerprint density at radius 1 is 1.00 bits per heavy atom. The normalized spacial score (nSPS) is 13.6. The molecule has 0 heterocycles. The van der Waals surface area contributed by atoms with Gasteiger partial charge in [-0.2, -0.15) is 11.8 Å². The number of aliphatic carboxylic acids is 1. The number of benzene rings is 1. The molecule has 0 radical (unpaired) electrons. The molecular formula is C21H34O2S. The molecule has 1 aromatic carbocycles. The second kappa shape index (κ2) is 13.3. The molecule has 0 amide bonds. The Bertz CT molecular complexity index is 433. The van der Waals surface area contributed by atoms with Gasteiger partial charge in [0.1, 0.15) is 0 Å². The summed E-state index contributed by atoms with van der Waals surface area (Å²) < 4.78 is 0. The summed E-state index contributed by atoms with van der Waals surface area (Å²) in [5.74, 6) is 1.55. The molecule has 24 heavy (non-hydrogen) atoms. The smallest absolute Gasteiger partial charge is 0.311 e. The van der Waals surface area contributed by atoms with Crippen LogP contribution in [-0.2, 0) is 4.79 Å². The first-order chi connectivity index (χ1) is 11.7. The Hall–Kier alpha value is -0.960. The summed E-state index contributed by atoms with van der Waals surface area (Å²) in [7, 11) is 0. The highest BCUT2D eigenvalue weighted by molar-refractivity contribution is 7.99. The van der Waals surface area contributed by atoms with Crippen molar-refractivity contribution in [2.24, 2.45) is 5.92 Å². The van der Waals surface area contributed by atoms with E-state index in [0.717, 1.165) is 17.2 Å². The summed E-state index contributed by atoms with van der Waals surface area (Å²) in [4.78, 5) is 11.5. The molecular weight excluding hydrogens is 316 g/mol. The number of carboxylic acid groups (broad SMARTS) is 1. The van der Waals surface area contributed by atoms with Gasteiger partial charge in [0.25, 0.3) is 0 Å². The summed E-state index contributed by atoms with van der Waals surface area (Å²) >= 11 is 1.79. The summed E-state index contributed by atoms with van der Waals surface area (Å²) in [5, 5.41) is 9.43. The first-order valence-corrected chi connectivity index (χ1v) is 10.7. The lowest BCUT2D eigenvalue weighted by Crippen LogP contribution is -2.14. The van der Waals surface area contributed by atoms with E-state index in [4.69, 9.17) is 0 Å². The van der Waals surface area contributed by atoms with Crippen molar-refractivity contribution in [1.82, 2.24) is 0 Å². The molecule has 0 aliphatic carbocycles. The lowest BCUT2D eigenvalue weighted by molar-refractivity contribution is -0.138. The van der Waals surface area contributed by atoms with Crippen LogP contribution in [0.4, 0.5) is 0 Å². The van der Waals surface area contributed by atoms with E-state index in [2.05, 4.69) is 13.8 Å². The largest absolute Gasteiger partial charge is 0.481 e. The molecule has 0 fully saturated rings. The number of carboxylic acids is 1. The van der Waals surface area contributed by atoms with Crippen molar-refractivity contribution in [2.45, 2.75) is 71.1 Å². The van der Waals surface area contributed by atoms with Gasteiger partial charge in [-0.05, 0) is 23.7 Å². The van der Waals surface area contributed by atoms with Gasteiger partial charge in [-0.3, -0.25) is 4.79 Å². The number of thioether (sulfide) groups is 1. The van der Waals surface area contributed by atoms with Crippen LogP contribution >= 0.6 is 11.8 Å². The number of unbranched alkanes of at least 4 members (excludes halogenated alkanes) is 2. The fourth-order valence-electron chi connectivity index (χ4n) is 3.17. The molecule has 1 rings (SSSR count). The lowest BCUT2D eigenvalue weighted by atomic mass is 9.92. The van der Waals surface area contributed by atoms with E-state index in [1.54, 1.807) is 11.8 Å². The van der Waals surface area contributed by atoms with Crippen molar-refractivity contribution in [3.05, 3.63) is 35.9 Å². The molecule has 0 bridgehead atoms. The Morgan fingerprint density at radius 2 is 1.71 bits per heavy atom. The summed E-state index contributed by atoms with van der Waals surface area (Å²) in [6, 6.07) is 9.60. The first-order valence-electron chi connectivity index (χ1n) is 9.54. The van der Waals surface area contributed by atoms with Crippen molar-refractivity contribution in [3.8, 4) is 0 Å². The van der Waals surface area contributed by atoms with E-state index in [-0.39, 0.29) is 5.92 Å². The van der Waals surface area contributed by atoms with Gasteiger partial charge in [0, 0.05) is 5.75 Å². The molecule has 136 valence electrons. The third-order valence-corrected chi connectivity index (χ3v) is 5.74. The minimum Gasteiger partial charge on any atom is -0.481 e. The van der Waals surface area contributed by atoms with Crippen LogP contribution in [0.2, 0.25) is 0 Å². The van der Waals surface area contributed by atoms with E-state index >= 15 is 0 Å². The van der Waals surface area contributed by atoms with Crippen LogP contribution in [0.3, 0.4) is 0 Å². The predicted octanol–water partition coefficient (Wildman–Crippen LogP) is 6.36. The third kappa shape index (κ3) is 8.77. The number of hydrogen-bond donors (Lipinski definition) is 1. The van der Waals surface area contributed by atoms with E-state index < -0.39 is 5.97 Å². The molecule has 2 nitrogen and oxygen atoms in total. The van der Waals surface area contributed by atoms with Gasteiger partial charge < -0.3 is 5.11 Å². The Balaban J connectivity index is 2.23. The van der Waals surface area contributed by atoms with Crippen LogP contribution in [0, 0.1) is 5.92 Å². The molecule has 0 aliphatic rings. The van der Waals surface area contributed by atoms with Crippen LogP contribution in [-0.4, -0.2) is 22.6 Å². The van der Waals surface area contributed by atoms with Crippen molar-refractivity contribution in [3.63, 3.8) is 0 Å². The zero-order valence-electron chi connectivity index (χ0n) is 15.4. The highest BCUT2D eigenvalue weighted by atomic mass is 32.2. The van der Waals surface area contributed by atoms with Gasteiger partial charge in [0.15, 0.2) is 0 Å². The monoisotopic (exact) mass is 350 g/mol. The van der Waals surface area contributed by atoms with E-state index in [9.17, 15) is 9.90 Å². The molecule has 0 saturated carbocycles. The van der Waals surface area contributed by atoms with E-state index in [1.165, 1.54) is 51.4 Å². The zero-order chi connectivity index (χ0) is 17.6. The van der Waals surface area contributed by atoms with Gasteiger partial charge in [0.2, 0.25) is 0 Å². The highest BCUT2D eigenvalue weighted by Crippen LogP contribution is 2.24. The molecule has 1 aromatic rings. The molecule has 2 atom stereocenters. The van der Waals surface area contributed by atoms with Crippen molar-refractivity contribution in [2.75, 3.05) is 11.5 Å². The average molecular weight is 351 g/mol. The SMILES string of the molecule is CCCCC(CCC)CCCCSCC(C(=O)O)c1ccccc1. The maximum Gasteiger partial charge on any atom is 0.311 e. The van der Waals surface area contributed by atoms with Gasteiger partial charge in [0.05, 0.1) is 5.92 Å². The number of rotatable bonds is 14. The fourth-order valence-corrected chi connectivity index (χ4v) is 4.31. The minimum atomic E-state index is -0.712. The molecule has 0 spiro atoms. The van der Waals surface area contributed by atoms with Gasteiger partial charge in [-0.15, -0.1) is 0 Å². The van der Waals surface area contributed by atoms with E-state index in [1.807, 2.05) is 30.3 Å². The fraction of sp³-hybridized carbons (Fsp3) is 0.667. The Kier molecular flexibility index (Phi) is 11.7. The van der Waals surface area contributed by atoms with Gasteiger partial charge in [-0.25, -0.2) is 0 Å². The van der Waals surface area contributed by atoms with Crippen molar-refractivity contribution < 1.29 is 9.90 Å². The first kappa shape index (κ1) is 21.1. The minimum absolute atomic E-state index is 0.381. The van der Waals surface area contributed by atoms with Crippen molar-refractivity contribution >= 4 is 17.7 Å². The van der Waals surface area contributed by atoms with Crippen LogP contribution < -0.4 is 0 Å². The quantitative estimate of drug-likeness (QED) is 0.396. The average Bonchev–Trinajstić information content (AvgIpc) is 2.59. The van der Waals surface area contributed by atoms with Gasteiger partial charge in [-0.1, -0.05) is 89.1 Å². The molecule has 2 unspecified atom stereocenters. The number of carbonyl (C=O) groups is 1.